The molecule has 0 radical (unpaired) electrons. The molecule has 144 valence electrons. The van der Waals surface area contributed by atoms with Crippen LogP contribution in [0.1, 0.15) is 23.2 Å². The van der Waals surface area contributed by atoms with E-state index in [0.717, 1.165) is 18.6 Å². The summed E-state index contributed by atoms with van der Waals surface area (Å²) in [6.45, 7) is 1.14. The maximum Gasteiger partial charge on any atom is 0.255 e. The Morgan fingerprint density at radius 1 is 1.30 bits per heavy atom. The molecule has 0 bridgehead atoms. The number of anilines is 1. The average Bonchev–Trinajstić information content (AvgIpc) is 2.73. The highest BCUT2D eigenvalue weighted by Crippen LogP contribution is 2.19. The second-order valence-electron chi connectivity index (χ2n) is 6.45. The average molecular weight is 372 g/mol. The Balaban J connectivity index is 1.48. The van der Waals surface area contributed by atoms with Crippen molar-refractivity contribution in [3.05, 3.63) is 48.4 Å². The summed E-state index contributed by atoms with van der Waals surface area (Å²) in [5.74, 6) is 1.24. The highest BCUT2D eigenvalue weighted by Gasteiger charge is 2.25. The molecule has 0 saturated carbocycles. The second-order valence-corrected chi connectivity index (χ2v) is 6.45. The Morgan fingerprint density at radius 3 is 2.74 bits per heavy atom. The number of aliphatic hydroxyl groups excluding tert-OH is 2. The van der Waals surface area contributed by atoms with E-state index in [1.54, 1.807) is 24.5 Å². The third kappa shape index (κ3) is 5.38. The van der Waals surface area contributed by atoms with Crippen molar-refractivity contribution < 1.29 is 19.7 Å². The Morgan fingerprint density at radius 2 is 2.11 bits per heavy atom. The minimum atomic E-state index is -0.844. The number of piperidine rings is 1. The molecule has 0 aliphatic carbocycles. The van der Waals surface area contributed by atoms with E-state index in [9.17, 15) is 9.90 Å². The minimum absolute atomic E-state index is 0.0516. The van der Waals surface area contributed by atoms with Crippen molar-refractivity contribution in [3.8, 4) is 5.75 Å². The number of pyridine rings is 2. The van der Waals surface area contributed by atoms with Gasteiger partial charge in [0.2, 0.25) is 0 Å². The highest BCUT2D eigenvalue weighted by atomic mass is 16.5. The minimum Gasteiger partial charge on any atom is -0.489 e. The van der Waals surface area contributed by atoms with Crippen molar-refractivity contribution >= 4 is 11.7 Å². The van der Waals surface area contributed by atoms with Gasteiger partial charge in [-0.15, -0.1) is 0 Å². The number of aliphatic hydroxyl groups is 2. The maximum atomic E-state index is 12.6. The molecule has 27 heavy (non-hydrogen) atoms. The zero-order valence-electron chi connectivity index (χ0n) is 15.0. The molecule has 2 aromatic rings. The number of aromatic nitrogens is 2. The first kappa shape index (κ1) is 19.1. The van der Waals surface area contributed by atoms with E-state index in [1.807, 2.05) is 17.0 Å². The van der Waals surface area contributed by atoms with Gasteiger partial charge in [-0.05, 0) is 24.3 Å². The molecule has 3 heterocycles. The second kappa shape index (κ2) is 9.29. The Hall–Kier alpha value is -2.71. The predicted molar refractivity (Wildman–Crippen MR) is 99.6 cm³/mol. The molecule has 1 fully saturated rings. The smallest absolute Gasteiger partial charge is 0.255 e. The Bertz CT molecular complexity index is 718. The highest BCUT2D eigenvalue weighted by molar-refractivity contribution is 5.94. The zero-order valence-corrected chi connectivity index (χ0v) is 15.0. The summed E-state index contributed by atoms with van der Waals surface area (Å²) in [5.41, 5.74) is 0.523. The quantitative estimate of drug-likeness (QED) is 0.663. The molecule has 3 rings (SSSR count). The zero-order chi connectivity index (χ0) is 19.1. The molecule has 8 heteroatoms. The van der Waals surface area contributed by atoms with Crippen molar-refractivity contribution in [1.29, 1.82) is 0 Å². The van der Waals surface area contributed by atoms with E-state index >= 15 is 0 Å². The normalized spacial score (nSPS) is 16.0. The van der Waals surface area contributed by atoms with Gasteiger partial charge in [0.25, 0.3) is 5.91 Å². The van der Waals surface area contributed by atoms with Crippen LogP contribution in [-0.4, -0.2) is 69.4 Å². The molecule has 2 aromatic heterocycles. The summed E-state index contributed by atoms with van der Waals surface area (Å²) in [6, 6.07) is 7.12. The number of amides is 1. The number of nitrogens with one attached hydrogen (secondary N) is 1. The van der Waals surface area contributed by atoms with Crippen molar-refractivity contribution in [2.75, 3.05) is 31.6 Å². The molecule has 0 unspecified atom stereocenters. The van der Waals surface area contributed by atoms with E-state index < -0.39 is 6.10 Å². The lowest BCUT2D eigenvalue weighted by molar-refractivity contribution is 0.0594. The number of ether oxygens (including phenoxy) is 1. The molecular formula is C19H24N4O4. The summed E-state index contributed by atoms with van der Waals surface area (Å²) >= 11 is 0. The van der Waals surface area contributed by atoms with Crippen molar-refractivity contribution in [1.82, 2.24) is 14.9 Å². The standard InChI is InChI=1S/C19H24N4O4/c24-13-15(25)11-22-18-4-3-14(10-21-18)19(26)23-8-5-16(6-9-23)27-17-2-1-7-20-12-17/h1-4,7,10,12,15-16,24-25H,5-6,8-9,11,13H2,(H,21,22)/t15-/m1/s1. The molecule has 1 atom stereocenters. The first-order valence-corrected chi connectivity index (χ1v) is 9.00. The lowest BCUT2D eigenvalue weighted by atomic mass is 10.1. The topological polar surface area (TPSA) is 108 Å². The first-order chi connectivity index (χ1) is 13.2. The number of carbonyl (C=O) groups excluding carboxylic acids is 1. The van der Waals surface area contributed by atoms with Gasteiger partial charge in [-0.2, -0.15) is 0 Å². The third-order valence-corrected chi connectivity index (χ3v) is 4.41. The van der Waals surface area contributed by atoms with E-state index in [-0.39, 0.29) is 25.2 Å². The third-order valence-electron chi connectivity index (χ3n) is 4.41. The van der Waals surface area contributed by atoms with Gasteiger partial charge in [0.1, 0.15) is 17.7 Å². The molecule has 0 aromatic carbocycles. The van der Waals surface area contributed by atoms with Gasteiger partial charge in [0.15, 0.2) is 0 Å². The first-order valence-electron chi connectivity index (χ1n) is 9.00. The van der Waals surface area contributed by atoms with Gasteiger partial charge in [0.05, 0.1) is 24.5 Å². The summed E-state index contributed by atoms with van der Waals surface area (Å²) in [6.07, 6.45) is 5.70. The largest absolute Gasteiger partial charge is 0.489 e. The van der Waals surface area contributed by atoms with Crippen LogP contribution in [0.15, 0.2) is 42.9 Å². The van der Waals surface area contributed by atoms with Gasteiger partial charge < -0.3 is 25.2 Å². The fourth-order valence-corrected chi connectivity index (χ4v) is 2.88. The number of nitrogens with zero attached hydrogens (tertiary/aromatic N) is 3. The lowest BCUT2D eigenvalue weighted by Gasteiger charge is -2.32. The van der Waals surface area contributed by atoms with Crippen LogP contribution < -0.4 is 10.1 Å². The van der Waals surface area contributed by atoms with Crippen LogP contribution in [0.25, 0.3) is 0 Å². The van der Waals surface area contributed by atoms with Crippen LogP contribution in [0, 0.1) is 0 Å². The molecule has 8 nitrogen and oxygen atoms in total. The lowest BCUT2D eigenvalue weighted by Crippen LogP contribution is -2.41. The number of carbonyl (C=O) groups is 1. The van der Waals surface area contributed by atoms with Crippen LogP contribution in [0.3, 0.4) is 0 Å². The van der Waals surface area contributed by atoms with Gasteiger partial charge in [-0.25, -0.2) is 4.98 Å². The Labute approximate surface area is 157 Å². The summed E-state index contributed by atoms with van der Waals surface area (Å²) in [7, 11) is 0. The maximum absolute atomic E-state index is 12.6. The van der Waals surface area contributed by atoms with Gasteiger partial charge >= 0.3 is 0 Å². The summed E-state index contributed by atoms with van der Waals surface area (Å²) in [5, 5.41) is 21.0. The number of likely N-dealkylation sites (tertiary alicyclic amines) is 1. The predicted octanol–water partition coefficient (Wildman–Crippen LogP) is 0.925. The van der Waals surface area contributed by atoms with Crippen LogP contribution >= 0.6 is 0 Å². The van der Waals surface area contributed by atoms with Crippen molar-refractivity contribution in [2.45, 2.75) is 25.0 Å². The number of rotatable bonds is 7. The van der Waals surface area contributed by atoms with Crippen molar-refractivity contribution in [3.63, 3.8) is 0 Å². The van der Waals surface area contributed by atoms with Crippen LogP contribution in [-0.2, 0) is 0 Å². The van der Waals surface area contributed by atoms with Crippen LogP contribution in [0.4, 0.5) is 5.82 Å². The number of hydrogen-bond donors (Lipinski definition) is 3. The fraction of sp³-hybridized carbons (Fsp3) is 0.421. The summed E-state index contributed by atoms with van der Waals surface area (Å²) < 4.78 is 5.90. The van der Waals surface area contributed by atoms with E-state index in [2.05, 4.69) is 15.3 Å². The monoisotopic (exact) mass is 372 g/mol. The van der Waals surface area contributed by atoms with E-state index in [1.165, 1.54) is 6.20 Å². The molecule has 1 amide bonds. The molecular weight excluding hydrogens is 348 g/mol. The van der Waals surface area contributed by atoms with E-state index in [0.29, 0.717) is 24.5 Å². The van der Waals surface area contributed by atoms with Gasteiger partial charge in [0, 0.05) is 44.9 Å². The van der Waals surface area contributed by atoms with Crippen LogP contribution in [0.2, 0.25) is 0 Å². The van der Waals surface area contributed by atoms with Crippen LogP contribution in [0.5, 0.6) is 5.75 Å². The van der Waals surface area contributed by atoms with E-state index in [4.69, 9.17) is 9.84 Å². The summed E-state index contributed by atoms with van der Waals surface area (Å²) in [4.78, 5) is 22.7. The number of hydrogen-bond acceptors (Lipinski definition) is 7. The molecule has 1 aliphatic heterocycles. The van der Waals surface area contributed by atoms with Gasteiger partial charge in [-0.1, -0.05) is 0 Å². The van der Waals surface area contributed by atoms with Gasteiger partial charge in [-0.3, -0.25) is 9.78 Å². The molecule has 1 aliphatic rings. The fourth-order valence-electron chi connectivity index (χ4n) is 2.88. The Kier molecular flexibility index (Phi) is 6.56. The molecule has 0 spiro atoms. The molecule has 3 N–H and O–H groups in total. The molecule has 1 saturated heterocycles. The SMILES string of the molecule is O=C(c1ccc(NC[C@@H](O)CO)nc1)N1CCC(Oc2cccnc2)CC1. The van der Waals surface area contributed by atoms with Crippen molar-refractivity contribution in [2.24, 2.45) is 0 Å².